The third-order valence-electron chi connectivity index (χ3n) is 3.63. The first-order chi connectivity index (χ1) is 8.75. The Morgan fingerprint density at radius 1 is 1.33 bits per heavy atom. The van der Waals surface area contributed by atoms with E-state index in [1.54, 1.807) is 10.9 Å². The summed E-state index contributed by atoms with van der Waals surface area (Å²) in [6, 6.07) is 9.85. The molecule has 0 bridgehead atoms. The van der Waals surface area contributed by atoms with Crippen LogP contribution in [0.5, 0.6) is 0 Å². The summed E-state index contributed by atoms with van der Waals surface area (Å²) in [5.41, 5.74) is 1.70. The van der Waals surface area contributed by atoms with Gasteiger partial charge in [0.05, 0.1) is 17.4 Å². The molecule has 1 aliphatic carbocycles. The van der Waals surface area contributed by atoms with Crippen molar-refractivity contribution < 1.29 is 4.79 Å². The molecule has 1 fully saturated rings. The first kappa shape index (κ1) is 11.2. The van der Waals surface area contributed by atoms with Gasteiger partial charge in [0.25, 0.3) is 0 Å². The van der Waals surface area contributed by atoms with Crippen molar-refractivity contribution >= 4 is 5.78 Å². The number of carbonyl (C=O) groups is 1. The molecule has 0 amide bonds. The quantitative estimate of drug-likeness (QED) is 0.770. The molecule has 0 saturated heterocycles. The van der Waals surface area contributed by atoms with Crippen LogP contribution in [0.4, 0.5) is 0 Å². The van der Waals surface area contributed by atoms with Crippen molar-refractivity contribution in [2.45, 2.75) is 19.8 Å². The van der Waals surface area contributed by atoms with E-state index in [4.69, 9.17) is 0 Å². The van der Waals surface area contributed by atoms with Crippen LogP contribution in [0.15, 0.2) is 42.7 Å². The minimum atomic E-state index is 0.137. The monoisotopic (exact) mass is 240 g/mol. The normalized spacial score (nSPS) is 16.5. The number of ketones is 1. The largest absolute Gasteiger partial charge is 0.294 e. The van der Waals surface area contributed by atoms with E-state index in [0.29, 0.717) is 5.92 Å². The Labute approximate surface area is 106 Å². The standard InChI is InChI=1S/C15H16N2O/c1-11(12-7-8-12)15(18)13-9-16-17(10-13)14-5-3-2-4-6-14/h2-6,9-12H,7-8H2,1H3. The second kappa shape index (κ2) is 4.41. The summed E-state index contributed by atoms with van der Waals surface area (Å²) >= 11 is 0. The van der Waals surface area contributed by atoms with Crippen LogP contribution in [0.3, 0.4) is 0 Å². The van der Waals surface area contributed by atoms with E-state index in [1.807, 2.05) is 43.5 Å². The molecule has 0 spiro atoms. The Morgan fingerprint density at radius 3 is 2.72 bits per heavy atom. The lowest BCUT2D eigenvalue weighted by Crippen LogP contribution is -2.12. The number of nitrogens with zero attached hydrogens (tertiary/aromatic N) is 2. The summed E-state index contributed by atoms with van der Waals surface area (Å²) in [7, 11) is 0. The minimum absolute atomic E-state index is 0.137. The van der Waals surface area contributed by atoms with Gasteiger partial charge in [0.15, 0.2) is 5.78 Å². The SMILES string of the molecule is CC(C(=O)c1cnn(-c2ccccc2)c1)C1CC1. The number of aromatic nitrogens is 2. The first-order valence-corrected chi connectivity index (χ1v) is 6.40. The van der Waals surface area contributed by atoms with E-state index in [-0.39, 0.29) is 11.7 Å². The minimum Gasteiger partial charge on any atom is -0.294 e. The molecule has 1 atom stereocenters. The van der Waals surface area contributed by atoms with Crippen LogP contribution in [0.25, 0.3) is 5.69 Å². The third-order valence-corrected chi connectivity index (χ3v) is 3.63. The highest BCUT2D eigenvalue weighted by Gasteiger charge is 2.33. The van der Waals surface area contributed by atoms with Crippen LogP contribution >= 0.6 is 0 Å². The Hall–Kier alpha value is -1.90. The average Bonchev–Trinajstić information content (AvgIpc) is 3.15. The molecule has 0 N–H and O–H groups in total. The predicted molar refractivity (Wildman–Crippen MR) is 69.8 cm³/mol. The van der Waals surface area contributed by atoms with Gasteiger partial charge in [-0.3, -0.25) is 4.79 Å². The zero-order chi connectivity index (χ0) is 12.5. The molecular weight excluding hydrogens is 224 g/mol. The van der Waals surface area contributed by atoms with Crippen molar-refractivity contribution in [3.63, 3.8) is 0 Å². The lowest BCUT2D eigenvalue weighted by atomic mass is 9.97. The van der Waals surface area contributed by atoms with Gasteiger partial charge in [-0.15, -0.1) is 0 Å². The van der Waals surface area contributed by atoms with Gasteiger partial charge in [0.2, 0.25) is 0 Å². The molecule has 1 aliphatic rings. The Bertz CT molecular complexity index is 555. The Kier molecular flexibility index (Phi) is 2.74. The summed E-state index contributed by atoms with van der Waals surface area (Å²) in [6.07, 6.45) is 5.89. The molecule has 3 rings (SSSR count). The van der Waals surface area contributed by atoms with Crippen LogP contribution in [-0.2, 0) is 0 Å². The van der Waals surface area contributed by atoms with Crippen molar-refractivity contribution in [1.29, 1.82) is 0 Å². The van der Waals surface area contributed by atoms with Crippen LogP contribution in [0.2, 0.25) is 0 Å². The van der Waals surface area contributed by atoms with E-state index in [2.05, 4.69) is 5.10 Å². The maximum Gasteiger partial charge on any atom is 0.169 e. The molecule has 18 heavy (non-hydrogen) atoms. The first-order valence-electron chi connectivity index (χ1n) is 6.40. The van der Waals surface area contributed by atoms with Gasteiger partial charge < -0.3 is 0 Å². The second-order valence-electron chi connectivity index (χ2n) is 5.00. The van der Waals surface area contributed by atoms with Crippen LogP contribution in [0.1, 0.15) is 30.1 Å². The van der Waals surface area contributed by atoms with Gasteiger partial charge in [-0.2, -0.15) is 5.10 Å². The molecular formula is C15H16N2O. The van der Waals surface area contributed by atoms with Crippen LogP contribution in [0, 0.1) is 11.8 Å². The summed E-state index contributed by atoms with van der Waals surface area (Å²) in [5.74, 6) is 0.954. The van der Waals surface area contributed by atoms with Gasteiger partial charge >= 0.3 is 0 Å². The molecule has 2 aromatic rings. The Morgan fingerprint density at radius 2 is 2.06 bits per heavy atom. The highest BCUT2D eigenvalue weighted by Crippen LogP contribution is 2.38. The second-order valence-corrected chi connectivity index (χ2v) is 5.00. The molecule has 3 nitrogen and oxygen atoms in total. The van der Waals surface area contributed by atoms with Gasteiger partial charge in [0, 0.05) is 12.1 Å². The molecule has 1 aromatic carbocycles. The van der Waals surface area contributed by atoms with Gasteiger partial charge in [-0.05, 0) is 30.9 Å². The lowest BCUT2D eigenvalue weighted by Gasteiger charge is -2.05. The summed E-state index contributed by atoms with van der Waals surface area (Å²) < 4.78 is 1.76. The molecule has 1 aromatic heterocycles. The molecule has 0 aliphatic heterocycles. The maximum atomic E-state index is 12.2. The van der Waals surface area contributed by atoms with Gasteiger partial charge in [0.1, 0.15) is 0 Å². The average molecular weight is 240 g/mol. The van der Waals surface area contributed by atoms with E-state index in [9.17, 15) is 4.79 Å². The molecule has 0 radical (unpaired) electrons. The fourth-order valence-corrected chi connectivity index (χ4v) is 2.25. The number of para-hydroxylation sites is 1. The lowest BCUT2D eigenvalue weighted by molar-refractivity contribution is 0.0916. The maximum absolute atomic E-state index is 12.2. The number of benzene rings is 1. The van der Waals surface area contributed by atoms with Crippen LogP contribution < -0.4 is 0 Å². The summed E-state index contributed by atoms with van der Waals surface area (Å²) in [4.78, 5) is 12.2. The van der Waals surface area contributed by atoms with Crippen molar-refractivity contribution in [2.75, 3.05) is 0 Å². The molecule has 92 valence electrons. The topological polar surface area (TPSA) is 34.9 Å². The van der Waals surface area contributed by atoms with E-state index in [1.165, 1.54) is 12.8 Å². The van der Waals surface area contributed by atoms with Crippen LogP contribution in [-0.4, -0.2) is 15.6 Å². The van der Waals surface area contributed by atoms with E-state index in [0.717, 1.165) is 11.3 Å². The van der Waals surface area contributed by atoms with Gasteiger partial charge in [-0.25, -0.2) is 4.68 Å². The smallest absolute Gasteiger partial charge is 0.169 e. The number of Topliss-reactive ketones (excluding diaryl/α,β-unsaturated/α-hetero) is 1. The fourth-order valence-electron chi connectivity index (χ4n) is 2.25. The number of hydrogen-bond donors (Lipinski definition) is 0. The number of carbonyl (C=O) groups excluding carboxylic acids is 1. The van der Waals surface area contributed by atoms with Crippen molar-refractivity contribution in [3.05, 3.63) is 48.3 Å². The third kappa shape index (κ3) is 2.08. The van der Waals surface area contributed by atoms with Crippen molar-refractivity contribution in [3.8, 4) is 5.69 Å². The van der Waals surface area contributed by atoms with Gasteiger partial charge in [-0.1, -0.05) is 25.1 Å². The number of rotatable bonds is 4. The van der Waals surface area contributed by atoms with Crippen molar-refractivity contribution in [1.82, 2.24) is 9.78 Å². The predicted octanol–water partition coefficient (Wildman–Crippen LogP) is 3.10. The zero-order valence-corrected chi connectivity index (χ0v) is 10.4. The number of hydrogen-bond acceptors (Lipinski definition) is 2. The fraction of sp³-hybridized carbons (Fsp3) is 0.333. The van der Waals surface area contributed by atoms with E-state index < -0.39 is 0 Å². The summed E-state index contributed by atoms with van der Waals surface area (Å²) in [6.45, 7) is 2.03. The Balaban J connectivity index is 1.83. The molecule has 3 heteroatoms. The van der Waals surface area contributed by atoms with E-state index >= 15 is 0 Å². The highest BCUT2D eigenvalue weighted by molar-refractivity contribution is 5.97. The van der Waals surface area contributed by atoms with Crippen molar-refractivity contribution in [2.24, 2.45) is 11.8 Å². The summed E-state index contributed by atoms with van der Waals surface area (Å²) in [5, 5.41) is 4.27. The molecule has 1 unspecified atom stereocenters. The molecule has 1 heterocycles. The highest BCUT2D eigenvalue weighted by atomic mass is 16.1. The zero-order valence-electron chi connectivity index (χ0n) is 10.4. The molecule has 1 saturated carbocycles.